The Labute approximate surface area is 135 Å². The van der Waals surface area contributed by atoms with E-state index in [0.29, 0.717) is 5.96 Å². The van der Waals surface area contributed by atoms with Gasteiger partial charge in [0.1, 0.15) is 5.82 Å². The number of pyridine rings is 1. The van der Waals surface area contributed by atoms with Gasteiger partial charge >= 0.3 is 0 Å². The SMILES string of the molecule is CCCN=C(N)NCCCc1nnc2ccccn12.I. The standard InChI is InChI=1S/C13H20N6.HI/c1-2-8-15-13(14)16-9-5-7-12-18-17-11-6-3-4-10-19(11)12;/h3-4,6,10H,2,5,7-9H2,1H3,(H3,14,15,16);1H. The van der Waals surface area contributed by atoms with E-state index in [2.05, 4.69) is 27.4 Å². The summed E-state index contributed by atoms with van der Waals surface area (Å²) in [5, 5.41) is 11.4. The third kappa shape index (κ3) is 4.62. The van der Waals surface area contributed by atoms with E-state index in [0.717, 1.165) is 43.8 Å². The molecule has 0 radical (unpaired) electrons. The lowest BCUT2D eigenvalue weighted by atomic mass is 10.3. The second kappa shape index (κ2) is 8.72. The minimum atomic E-state index is 0. The zero-order valence-corrected chi connectivity index (χ0v) is 13.9. The molecule has 0 aliphatic heterocycles. The van der Waals surface area contributed by atoms with Crippen molar-refractivity contribution in [2.24, 2.45) is 10.7 Å². The summed E-state index contributed by atoms with van der Waals surface area (Å²) in [6.07, 6.45) is 4.79. The molecule has 3 N–H and O–H groups in total. The van der Waals surface area contributed by atoms with Crippen molar-refractivity contribution in [3.8, 4) is 0 Å². The number of nitrogens with one attached hydrogen (secondary N) is 1. The summed E-state index contributed by atoms with van der Waals surface area (Å²) in [5.41, 5.74) is 6.60. The molecular weight excluding hydrogens is 367 g/mol. The zero-order chi connectivity index (χ0) is 13.5. The Hall–Kier alpha value is -1.38. The molecule has 2 aromatic heterocycles. The van der Waals surface area contributed by atoms with Crippen molar-refractivity contribution in [3.63, 3.8) is 0 Å². The summed E-state index contributed by atoms with van der Waals surface area (Å²) in [4.78, 5) is 4.18. The highest BCUT2D eigenvalue weighted by Gasteiger charge is 2.03. The molecule has 2 rings (SSSR count). The van der Waals surface area contributed by atoms with Crippen molar-refractivity contribution in [1.29, 1.82) is 0 Å². The van der Waals surface area contributed by atoms with Gasteiger partial charge in [0.2, 0.25) is 0 Å². The molecule has 110 valence electrons. The van der Waals surface area contributed by atoms with Gasteiger partial charge in [-0.05, 0) is 25.0 Å². The van der Waals surface area contributed by atoms with Crippen LogP contribution in [0.4, 0.5) is 0 Å². The Morgan fingerprint density at radius 1 is 1.40 bits per heavy atom. The van der Waals surface area contributed by atoms with Crippen LogP contribution in [-0.2, 0) is 6.42 Å². The molecule has 2 heterocycles. The minimum absolute atomic E-state index is 0. The van der Waals surface area contributed by atoms with Crippen molar-refractivity contribution < 1.29 is 0 Å². The zero-order valence-electron chi connectivity index (χ0n) is 11.6. The third-order valence-electron chi connectivity index (χ3n) is 2.77. The number of guanidine groups is 1. The highest BCUT2D eigenvalue weighted by molar-refractivity contribution is 14.0. The van der Waals surface area contributed by atoms with Gasteiger partial charge in [-0.1, -0.05) is 13.0 Å². The fourth-order valence-electron chi connectivity index (χ4n) is 1.81. The van der Waals surface area contributed by atoms with Crippen molar-refractivity contribution in [2.45, 2.75) is 26.2 Å². The van der Waals surface area contributed by atoms with Gasteiger partial charge in [-0.2, -0.15) is 0 Å². The maximum atomic E-state index is 5.72. The molecule has 2 aromatic rings. The van der Waals surface area contributed by atoms with Gasteiger partial charge in [0, 0.05) is 25.7 Å². The average Bonchev–Trinajstić information content (AvgIpc) is 2.85. The quantitative estimate of drug-likeness (QED) is 0.341. The topological polar surface area (TPSA) is 80.6 Å². The molecule has 0 atom stereocenters. The van der Waals surface area contributed by atoms with E-state index < -0.39 is 0 Å². The van der Waals surface area contributed by atoms with E-state index in [-0.39, 0.29) is 24.0 Å². The Kier molecular flexibility index (Phi) is 7.27. The second-order valence-electron chi connectivity index (χ2n) is 4.34. The third-order valence-corrected chi connectivity index (χ3v) is 2.77. The van der Waals surface area contributed by atoms with E-state index in [9.17, 15) is 0 Å². The largest absolute Gasteiger partial charge is 0.370 e. The lowest BCUT2D eigenvalue weighted by Gasteiger charge is -2.04. The van der Waals surface area contributed by atoms with E-state index >= 15 is 0 Å². The van der Waals surface area contributed by atoms with Crippen LogP contribution in [0.2, 0.25) is 0 Å². The van der Waals surface area contributed by atoms with Crippen LogP contribution in [0.3, 0.4) is 0 Å². The van der Waals surface area contributed by atoms with E-state index in [4.69, 9.17) is 5.73 Å². The maximum absolute atomic E-state index is 5.72. The van der Waals surface area contributed by atoms with E-state index in [1.54, 1.807) is 0 Å². The number of aliphatic imine (C=N–C) groups is 1. The first-order valence-corrected chi connectivity index (χ1v) is 6.63. The summed E-state index contributed by atoms with van der Waals surface area (Å²) in [5.74, 6) is 1.49. The lowest BCUT2D eigenvalue weighted by molar-refractivity contribution is 0.727. The number of hydrogen-bond acceptors (Lipinski definition) is 3. The monoisotopic (exact) mass is 388 g/mol. The number of nitrogens with two attached hydrogens (primary N) is 1. The molecule has 0 bridgehead atoms. The van der Waals surface area contributed by atoms with Gasteiger partial charge in [0.25, 0.3) is 0 Å². The van der Waals surface area contributed by atoms with Gasteiger partial charge in [0.15, 0.2) is 11.6 Å². The number of rotatable bonds is 6. The van der Waals surface area contributed by atoms with Gasteiger partial charge in [-0.3, -0.25) is 9.39 Å². The summed E-state index contributed by atoms with van der Waals surface area (Å²) < 4.78 is 2.01. The molecule has 0 saturated heterocycles. The summed E-state index contributed by atoms with van der Waals surface area (Å²) in [6.45, 7) is 3.64. The highest BCUT2D eigenvalue weighted by Crippen LogP contribution is 2.04. The predicted molar refractivity (Wildman–Crippen MR) is 91.5 cm³/mol. The predicted octanol–water partition coefficient (Wildman–Crippen LogP) is 1.59. The van der Waals surface area contributed by atoms with Crippen molar-refractivity contribution in [2.75, 3.05) is 13.1 Å². The fourth-order valence-corrected chi connectivity index (χ4v) is 1.81. The molecule has 0 aromatic carbocycles. The molecule has 0 amide bonds. The summed E-state index contributed by atoms with van der Waals surface area (Å²) in [7, 11) is 0. The van der Waals surface area contributed by atoms with Crippen molar-refractivity contribution in [1.82, 2.24) is 19.9 Å². The normalized spacial score (nSPS) is 11.3. The Balaban J connectivity index is 0.00000200. The molecule has 0 spiro atoms. The lowest BCUT2D eigenvalue weighted by Crippen LogP contribution is -2.32. The van der Waals surface area contributed by atoms with Crippen LogP contribution in [0.1, 0.15) is 25.6 Å². The number of aromatic nitrogens is 3. The summed E-state index contributed by atoms with van der Waals surface area (Å²) in [6, 6.07) is 5.89. The van der Waals surface area contributed by atoms with Crippen molar-refractivity contribution >= 4 is 35.6 Å². The Morgan fingerprint density at radius 3 is 3.05 bits per heavy atom. The molecule has 0 fully saturated rings. The number of hydrogen-bond donors (Lipinski definition) is 2. The van der Waals surface area contributed by atoms with Crippen LogP contribution in [-0.4, -0.2) is 33.6 Å². The van der Waals surface area contributed by atoms with Gasteiger partial charge in [-0.15, -0.1) is 34.2 Å². The highest BCUT2D eigenvalue weighted by atomic mass is 127. The Bertz CT molecular complexity index is 551. The first-order valence-electron chi connectivity index (χ1n) is 6.63. The number of nitrogens with zero attached hydrogens (tertiary/aromatic N) is 4. The van der Waals surface area contributed by atoms with E-state index in [1.165, 1.54) is 0 Å². The van der Waals surface area contributed by atoms with Gasteiger partial charge < -0.3 is 11.1 Å². The fraction of sp³-hybridized carbons (Fsp3) is 0.462. The van der Waals surface area contributed by atoms with Crippen LogP contribution in [0.5, 0.6) is 0 Å². The number of aryl methyl sites for hydroxylation is 1. The average molecular weight is 388 g/mol. The molecule has 6 nitrogen and oxygen atoms in total. The summed E-state index contributed by atoms with van der Waals surface area (Å²) >= 11 is 0. The van der Waals surface area contributed by atoms with Crippen LogP contribution in [0.25, 0.3) is 5.65 Å². The molecule has 0 aliphatic carbocycles. The molecule has 0 aliphatic rings. The van der Waals surface area contributed by atoms with Gasteiger partial charge in [-0.25, -0.2) is 0 Å². The molecule has 0 unspecified atom stereocenters. The van der Waals surface area contributed by atoms with E-state index in [1.807, 2.05) is 28.8 Å². The minimum Gasteiger partial charge on any atom is -0.370 e. The number of halogens is 1. The molecular formula is C13H21IN6. The molecule has 7 heteroatoms. The van der Waals surface area contributed by atoms with Crippen molar-refractivity contribution in [3.05, 3.63) is 30.2 Å². The van der Waals surface area contributed by atoms with Crippen LogP contribution < -0.4 is 11.1 Å². The molecule has 20 heavy (non-hydrogen) atoms. The van der Waals surface area contributed by atoms with Crippen LogP contribution in [0.15, 0.2) is 29.4 Å². The first-order chi connectivity index (χ1) is 9.31. The molecule has 0 saturated carbocycles. The van der Waals surface area contributed by atoms with Gasteiger partial charge in [0.05, 0.1) is 0 Å². The van der Waals surface area contributed by atoms with Crippen LogP contribution in [0, 0.1) is 0 Å². The Morgan fingerprint density at radius 2 is 2.25 bits per heavy atom. The second-order valence-corrected chi connectivity index (χ2v) is 4.34. The number of fused-ring (bicyclic) bond motifs is 1. The first kappa shape index (κ1) is 16.7. The maximum Gasteiger partial charge on any atom is 0.188 e. The smallest absolute Gasteiger partial charge is 0.188 e. The van der Waals surface area contributed by atoms with Crippen LogP contribution >= 0.6 is 24.0 Å².